The predicted molar refractivity (Wildman–Crippen MR) is 118 cm³/mol. The van der Waals surface area contributed by atoms with E-state index in [4.69, 9.17) is 21.3 Å². The molecular formula is C21H21ClN2O3S2. The Balaban J connectivity index is 1.43. The van der Waals surface area contributed by atoms with E-state index >= 15 is 0 Å². The molecular weight excluding hydrogens is 428 g/mol. The van der Waals surface area contributed by atoms with E-state index in [2.05, 4.69) is 4.90 Å². The summed E-state index contributed by atoms with van der Waals surface area (Å²) >= 11 is 7.54. The second-order valence-corrected chi connectivity index (χ2v) is 10.4. The zero-order valence-electron chi connectivity index (χ0n) is 15.9. The van der Waals surface area contributed by atoms with Gasteiger partial charge in [-0.1, -0.05) is 23.7 Å². The first-order valence-electron chi connectivity index (χ1n) is 9.32. The number of thiazole rings is 1. The molecule has 0 bridgehead atoms. The van der Waals surface area contributed by atoms with Gasteiger partial charge in [0.25, 0.3) is 0 Å². The molecule has 0 spiro atoms. The van der Waals surface area contributed by atoms with Crippen molar-refractivity contribution in [2.45, 2.75) is 23.0 Å². The predicted octanol–water partition coefficient (Wildman–Crippen LogP) is 4.91. The molecule has 0 unspecified atom stereocenters. The van der Waals surface area contributed by atoms with Gasteiger partial charge < -0.3 is 9.64 Å². The monoisotopic (exact) mass is 448 g/mol. The summed E-state index contributed by atoms with van der Waals surface area (Å²) in [6, 6.07) is 14.2. The lowest BCUT2D eigenvalue weighted by molar-refractivity contribution is 0.414. The smallest absolute Gasteiger partial charge is 0.185 e. The van der Waals surface area contributed by atoms with Gasteiger partial charge in [0.15, 0.2) is 15.0 Å². The Hall–Kier alpha value is -2.09. The standard InChI is InChI=1S/C21H21ClN2O3S2/c1-27-17-6-8-18(9-7-17)29(25,26)19-10-12-24(13-11-19)21-23-20(14-28-21)15-2-4-16(22)5-3-15/h2-9,14,19H,10-13H2,1H3. The molecule has 0 atom stereocenters. The highest BCUT2D eigenvalue weighted by molar-refractivity contribution is 7.92. The zero-order chi connectivity index (χ0) is 20.4. The highest BCUT2D eigenvalue weighted by Gasteiger charge is 2.32. The molecule has 0 aliphatic carbocycles. The Bertz CT molecular complexity index is 1070. The van der Waals surface area contributed by atoms with Crippen molar-refractivity contribution in [1.82, 2.24) is 4.98 Å². The lowest BCUT2D eigenvalue weighted by Gasteiger charge is -2.31. The van der Waals surface area contributed by atoms with Crippen LogP contribution in [0.5, 0.6) is 5.75 Å². The third-order valence-corrected chi connectivity index (χ3v) is 8.60. The average Bonchev–Trinajstić information content (AvgIpc) is 3.24. The molecule has 0 amide bonds. The minimum atomic E-state index is -3.35. The fourth-order valence-electron chi connectivity index (χ4n) is 3.48. The number of nitrogens with zero attached hydrogens (tertiary/aromatic N) is 2. The van der Waals surface area contributed by atoms with E-state index in [9.17, 15) is 8.42 Å². The van der Waals surface area contributed by atoms with Crippen LogP contribution in [0.2, 0.25) is 5.02 Å². The van der Waals surface area contributed by atoms with Crippen LogP contribution in [0.25, 0.3) is 11.3 Å². The minimum absolute atomic E-state index is 0.357. The SMILES string of the molecule is COc1ccc(S(=O)(=O)C2CCN(c3nc(-c4ccc(Cl)cc4)cs3)CC2)cc1. The van der Waals surface area contributed by atoms with E-state index in [-0.39, 0.29) is 5.25 Å². The van der Waals surface area contributed by atoms with Crippen molar-refractivity contribution in [2.24, 2.45) is 0 Å². The van der Waals surface area contributed by atoms with Crippen LogP contribution in [0.3, 0.4) is 0 Å². The molecule has 8 heteroatoms. The number of sulfone groups is 1. The van der Waals surface area contributed by atoms with Crippen LogP contribution in [-0.2, 0) is 9.84 Å². The molecule has 2 heterocycles. The fraction of sp³-hybridized carbons (Fsp3) is 0.286. The first-order valence-corrected chi connectivity index (χ1v) is 12.1. The summed E-state index contributed by atoms with van der Waals surface area (Å²) in [4.78, 5) is 7.26. The molecule has 4 rings (SSSR count). The van der Waals surface area contributed by atoms with Gasteiger partial charge in [0.1, 0.15) is 5.75 Å². The fourth-order valence-corrected chi connectivity index (χ4v) is 6.22. The summed E-state index contributed by atoms with van der Waals surface area (Å²) in [7, 11) is -1.78. The molecule has 1 saturated heterocycles. The van der Waals surface area contributed by atoms with Gasteiger partial charge in [-0.3, -0.25) is 0 Å². The van der Waals surface area contributed by atoms with Crippen LogP contribution < -0.4 is 9.64 Å². The summed E-state index contributed by atoms with van der Waals surface area (Å²) in [6.07, 6.45) is 1.18. The van der Waals surface area contributed by atoms with Gasteiger partial charge in [-0.25, -0.2) is 13.4 Å². The van der Waals surface area contributed by atoms with E-state index in [0.717, 1.165) is 16.4 Å². The molecule has 3 aromatic rings. The summed E-state index contributed by atoms with van der Waals surface area (Å²) in [6.45, 7) is 1.35. The molecule has 1 aromatic heterocycles. The minimum Gasteiger partial charge on any atom is -0.497 e. The Labute approximate surface area is 179 Å². The lowest BCUT2D eigenvalue weighted by Crippen LogP contribution is -2.39. The van der Waals surface area contributed by atoms with Gasteiger partial charge in [0.05, 0.1) is 22.9 Å². The summed E-state index contributed by atoms with van der Waals surface area (Å²) in [5, 5.41) is 3.28. The number of hydrogen-bond acceptors (Lipinski definition) is 6. The van der Waals surface area contributed by atoms with Crippen LogP contribution in [0.15, 0.2) is 58.8 Å². The lowest BCUT2D eigenvalue weighted by atomic mass is 10.1. The molecule has 2 aromatic carbocycles. The summed E-state index contributed by atoms with van der Waals surface area (Å²) in [5.41, 5.74) is 1.93. The first-order chi connectivity index (χ1) is 14.0. The maximum absolute atomic E-state index is 13.0. The van der Waals surface area contributed by atoms with Gasteiger partial charge >= 0.3 is 0 Å². The normalized spacial score (nSPS) is 15.4. The van der Waals surface area contributed by atoms with Crippen molar-refractivity contribution in [3.05, 3.63) is 58.9 Å². The number of anilines is 1. The molecule has 1 fully saturated rings. The number of rotatable bonds is 5. The van der Waals surface area contributed by atoms with Crippen molar-refractivity contribution in [2.75, 3.05) is 25.1 Å². The molecule has 0 N–H and O–H groups in total. The average molecular weight is 449 g/mol. The van der Waals surface area contributed by atoms with Crippen LogP contribution in [-0.4, -0.2) is 38.9 Å². The second-order valence-electron chi connectivity index (χ2n) is 6.93. The third kappa shape index (κ3) is 4.27. The number of halogens is 1. The summed E-state index contributed by atoms with van der Waals surface area (Å²) < 4.78 is 31.0. The highest BCUT2D eigenvalue weighted by atomic mass is 35.5. The second kappa shape index (κ2) is 8.34. The molecule has 0 radical (unpaired) electrons. The van der Waals surface area contributed by atoms with Gasteiger partial charge in [-0.15, -0.1) is 11.3 Å². The number of aromatic nitrogens is 1. The van der Waals surface area contributed by atoms with Crippen LogP contribution in [0, 0.1) is 0 Å². The van der Waals surface area contributed by atoms with Gasteiger partial charge in [0.2, 0.25) is 0 Å². The van der Waals surface area contributed by atoms with E-state index in [1.54, 1.807) is 42.7 Å². The van der Waals surface area contributed by atoms with Crippen molar-refractivity contribution < 1.29 is 13.2 Å². The Kier molecular flexibility index (Phi) is 5.81. The molecule has 0 saturated carbocycles. The third-order valence-electron chi connectivity index (χ3n) is 5.17. The molecule has 5 nitrogen and oxygen atoms in total. The first kappa shape index (κ1) is 20.2. The Morgan fingerprint density at radius 1 is 1.07 bits per heavy atom. The Morgan fingerprint density at radius 3 is 2.34 bits per heavy atom. The number of ether oxygens (including phenoxy) is 1. The molecule has 1 aliphatic rings. The number of methoxy groups -OCH3 is 1. The van der Waals surface area contributed by atoms with E-state index in [0.29, 0.717) is 41.6 Å². The van der Waals surface area contributed by atoms with Crippen LogP contribution >= 0.6 is 22.9 Å². The Morgan fingerprint density at radius 2 is 1.72 bits per heavy atom. The van der Waals surface area contributed by atoms with Crippen molar-refractivity contribution in [3.63, 3.8) is 0 Å². The summed E-state index contributed by atoms with van der Waals surface area (Å²) in [5.74, 6) is 0.652. The molecule has 1 aliphatic heterocycles. The van der Waals surface area contributed by atoms with E-state index < -0.39 is 9.84 Å². The van der Waals surface area contributed by atoms with Gasteiger partial charge in [0, 0.05) is 29.1 Å². The topological polar surface area (TPSA) is 59.5 Å². The van der Waals surface area contributed by atoms with Crippen molar-refractivity contribution in [3.8, 4) is 17.0 Å². The van der Waals surface area contributed by atoms with Crippen molar-refractivity contribution in [1.29, 1.82) is 0 Å². The number of piperidine rings is 1. The van der Waals surface area contributed by atoms with Crippen LogP contribution in [0.4, 0.5) is 5.13 Å². The molecule has 29 heavy (non-hydrogen) atoms. The van der Waals surface area contributed by atoms with E-state index in [1.807, 2.05) is 29.6 Å². The largest absolute Gasteiger partial charge is 0.497 e. The quantitative estimate of drug-likeness (QED) is 0.554. The zero-order valence-corrected chi connectivity index (χ0v) is 18.3. The highest BCUT2D eigenvalue weighted by Crippen LogP contribution is 2.32. The van der Waals surface area contributed by atoms with Crippen molar-refractivity contribution >= 4 is 37.9 Å². The molecule has 152 valence electrons. The van der Waals surface area contributed by atoms with Gasteiger partial charge in [-0.05, 0) is 49.2 Å². The van der Waals surface area contributed by atoms with Crippen LogP contribution in [0.1, 0.15) is 12.8 Å². The maximum atomic E-state index is 13.0. The number of hydrogen-bond donors (Lipinski definition) is 0. The van der Waals surface area contributed by atoms with E-state index in [1.165, 1.54) is 0 Å². The number of benzene rings is 2. The maximum Gasteiger partial charge on any atom is 0.185 e. The van der Waals surface area contributed by atoms with Gasteiger partial charge in [-0.2, -0.15) is 0 Å².